The molecule has 0 bridgehead atoms. The van der Waals surface area contributed by atoms with Crippen molar-refractivity contribution in [2.75, 3.05) is 13.1 Å². The van der Waals surface area contributed by atoms with E-state index in [4.69, 9.17) is 5.11 Å². The van der Waals surface area contributed by atoms with E-state index in [0.29, 0.717) is 6.54 Å². The number of carboxylic acid groups (broad SMARTS) is 1. The SMILES string of the molecule is CC(C)(C)CC(O)CNCCCCCC(=O)O. The third-order valence-corrected chi connectivity index (χ3v) is 2.47. The monoisotopic (exact) mass is 245 g/mol. The lowest BCUT2D eigenvalue weighted by Crippen LogP contribution is -2.30. The van der Waals surface area contributed by atoms with Crippen molar-refractivity contribution >= 4 is 5.97 Å². The Kier molecular flexibility index (Phi) is 8.17. The number of carbonyl (C=O) groups is 1. The highest BCUT2D eigenvalue weighted by atomic mass is 16.4. The van der Waals surface area contributed by atoms with Crippen molar-refractivity contribution in [3.63, 3.8) is 0 Å². The molecule has 102 valence electrons. The molecule has 0 aliphatic heterocycles. The summed E-state index contributed by atoms with van der Waals surface area (Å²) < 4.78 is 0. The number of unbranched alkanes of at least 4 members (excludes halogenated alkanes) is 2. The molecule has 4 nitrogen and oxygen atoms in total. The van der Waals surface area contributed by atoms with Crippen LogP contribution in [0.5, 0.6) is 0 Å². The van der Waals surface area contributed by atoms with E-state index in [-0.39, 0.29) is 17.9 Å². The number of aliphatic carboxylic acids is 1. The zero-order valence-electron chi connectivity index (χ0n) is 11.3. The van der Waals surface area contributed by atoms with Gasteiger partial charge in [-0.2, -0.15) is 0 Å². The Hall–Kier alpha value is -0.610. The standard InChI is InChI=1S/C13H27NO3/c1-13(2,3)9-11(15)10-14-8-6-4-5-7-12(16)17/h11,14-15H,4-10H2,1-3H3,(H,16,17). The van der Waals surface area contributed by atoms with E-state index in [1.54, 1.807) is 0 Å². The van der Waals surface area contributed by atoms with Crippen LogP contribution in [0, 0.1) is 5.41 Å². The van der Waals surface area contributed by atoms with Crippen molar-refractivity contribution < 1.29 is 15.0 Å². The van der Waals surface area contributed by atoms with Crippen molar-refractivity contribution in [1.29, 1.82) is 0 Å². The predicted molar refractivity (Wildman–Crippen MR) is 69.1 cm³/mol. The summed E-state index contributed by atoms with van der Waals surface area (Å²) in [6, 6.07) is 0. The number of rotatable bonds is 9. The van der Waals surface area contributed by atoms with E-state index >= 15 is 0 Å². The lowest BCUT2D eigenvalue weighted by Gasteiger charge is -2.22. The molecule has 0 aromatic heterocycles. The molecule has 0 fully saturated rings. The molecule has 0 rings (SSSR count). The molecular formula is C13H27NO3. The van der Waals surface area contributed by atoms with Gasteiger partial charge in [0.05, 0.1) is 6.10 Å². The summed E-state index contributed by atoms with van der Waals surface area (Å²) in [6.07, 6.45) is 3.38. The lowest BCUT2D eigenvalue weighted by molar-refractivity contribution is -0.137. The topological polar surface area (TPSA) is 69.6 Å². The van der Waals surface area contributed by atoms with Crippen LogP contribution in [0.15, 0.2) is 0 Å². The number of aliphatic hydroxyl groups is 1. The Labute approximate surface area is 104 Å². The molecule has 0 amide bonds. The number of hydrogen-bond donors (Lipinski definition) is 3. The van der Waals surface area contributed by atoms with Gasteiger partial charge < -0.3 is 15.5 Å². The molecule has 0 aromatic carbocycles. The molecule has 0 spiro atoms. The second-order valence-corrected chi connectivity index (χ2v) is 5.83. The van der Waals surface area contributed by atoms with Crippen molar-refractivity contribution in [3.8, 4) is 0 Å². The molecule has 3 N–H and O–H groups in total. The van der Waals surface area contributed by atoms with Gasteiger partial charge in [-0.15, -0.1) is 0 Å². The highest BCUT2D eigenvalue weighted by Gasteiger charge is 2.15. The van der Waals surface area contributed by atoms with E-state index in [2.05, 4.69) is 26.1 Å². The van der Waals surface area contributed by atoms with Crippen LogP contribution < -0.4 is 5.32 Å². The van der Waals surface area contributed by atoms with E-state index in [1.165, 1.54) is 0 Å². The fourth-order valence-corrected chi connectivity index (χ4v) is 1.75. The van der Waals surface area contributed by atoms with E-state index in [1.807, 2.05) is 0 Å². The van der Waals surface area contributed by atoms with Crippen molar-refractivity contribution in [1.82, 2.24) is 5.32 Å². The van der Waals surface area contributed by atoms with Crippen LogP contribution in [0.25, 0.3) is 0 Å². The second kappa shape index (κ2) is 8.48. The van der Waals surface area contributed by atoms with Gasteiger partial charge >= 0.3 is 5.97 Å². The first-order valence-electron chi connectivity index (χ1n) is 6.42. The van der Waals surface area contributed by atoms with Crippen LogP contribution in [-0.2, 0) is 4.79 Å². The van der Waals surface area contributed by atoms with E-state index in [0.717, 1.165) is 32.2 Å². The van der Waals surface area contributed by atoms with Gasteiger partial charge in [0.2, 0.25) is 0 Å². The number of aliphatic hydroxyl groups excluding tert-OH is 1. The second-order valence-electron chi connectivity index (χ2n) is 5.83. The third-order valence-electron chi connectivity index (χ3n) is 2.47. The minimum absolute atomic E-state index is 0.155. The number of nitrogens with one attached hydrogen (secondary N) is 1. The number of hydrogen-bond acceptors (Lipinski definition) is 3. The van der Waals surface area contributed by atoms with Gasteiger partial charge in [-0.25, -0.2) is 0 Å². The van der Waals surface area contributed by atoms with Gasteiger partial charge in [-0.1, -0.05) is 27.2 Å². The molecular weight excluding hydrogens is 218 g/mol. The Balaban J connectivity index is 3.31. The quantitative estimate of drug-likeness (QED) is 0.544. The summed E-state index contributed by atoms with van der Waals surface area (Å²) in [7, 11) is 0. The highest BCUT2D eigenvalue weighted by molar-refractivity contribution is 5.66. The molecule has 0 radical (unpaired) electrons. The van der Waals surface area contributed by atoms with Crippen molar-refractivity contribution in [2.45, 2.75) is 59.0 Å². The maximum atomic E-state index is 10.3. The summed E-state index contributed by atoms with van der Waals surface area (Å²) in [5.41, 5.74) is 0.155. The molecule has 1 unspecified atom stereocenters. The van der Waals surface area contributed by atoms with Gasteiger partial charge in [0, 0.05) is 13.0 Å². The summed E-state index contributed by atoms with van der Waals surface area (Å²) in [4.78, 5) is 10.3. The van der Waals surface area contributed by atoms with E-state index in [9.17, 15) is 9.90 Å². The highest BCUT2D eigenvalue weighted by Crippen LogP contribution is 2.20. The zero-order valence-corrected chi connectivity index (χ0v) is 11.3. The molecule has 0 aliphatic rings. The fraction of sp³-hybridized carbons (Fsp3) is 0.923. The largest absolute Gasteiger partial charge is 0.481 e. The van der Waals surface area contributed by atoms with Gasteiger partial charge in [0.15, 0.2) is 0 Å². The maximum absolute atomic E-state index is 10.3. The minimum Gasteiger partial charge on any atom is -0.481 e. The normalized spacial score (nSPS) is 13.6. The third kappa shape index (κ3) is 13.3. The molecule has 0 heterocycles. The summed E-state index contributed by atoms with van der Waals surface area (Å²) in [5.74, 6) is -0.724. The van der Waals surface area contributed by atoms with Gasteiger partial charge in [-0.05, 0) is 31.2 Å². The van der Waals surface area contributed by atoms with Crippen LogP contribution in [0.3, 0.4) is 0 Å². The first kappa shape index (κ1) is 16.4. The zero-order chi connectivity index (χ0) is 13.3. The summed E-state index contributed by atoms with van der Waals surface area (Å²) in [6.45, 7) is 7.81. The minimum atomic E-state index is -0.724. The van der Waals surface area contributed by atoms with Gasteiger partial charge in [-0.3, -0.25) is 4.79 Å². The van der Waals surface area contributed by atoms with Crippen LogP contribution in [0.4, 0.5) is 0 Å². The smallest absolute Gasteiger partial charge is 0.303 e. The van der Waals surface area contributed by atoms with Crippen molar-refractivity contribution in [2.24, 2.45) is 5.41 Å². The molecule has 0 aliphatic carbocycles. The van der Waals surface area contributed by atoms with Gasteiger partial charge in [0.1, 0.15) is 0 Å². The van der Waals surface area contributed by atoms with Crippen LogP contribution in [-0.4, -0.2) is 35.4 Å². The first-order chi connectivity index (χ1) is 7.81. The molecule has 1 atom stereocenters. The summed E-state index contributed by atoms with van der Waals surface area (Å²) >= 11 is 0. The fourth-order valence-electron chi connectivity index (χ4n) is 1.75. The molecule has 0 saturated carbocycles. The molecule has 4 heteroatoms. The Morgan fingerprint density at radius 3 is 2.41 bits per heavy atom. The average molecular weight is 245 g/mol. The Morgan fingerprint density at radius 1 is 1.24 bits per heavy atom. The average Bonchev–Trinajstić information content (AvgIpc) is 2.12. The van der Waals surface area contributed by atoms with Crippen LogP contribution in [0.1, 0.15) is 52.9 Å². The number of carboxylic acids is 1. The van der Waals surface area contributed by atoms with Crippen LogP contribution >= 0.6 is 0 Å². The Bertz CT molecular complexity index is 211. The maximum Gasteiger partial charge on any atom is 0.303 e. The van der Waals surface area contributed by atoms with Gasteiger partial charge in [0.25, 0.3) is 0 Å². The van der Waals surface area contributed by atoms with Crippen molar-refractivity contribution in [3.05, 3.63) is 0 Å². The lowest BCUT2D eigenvalue weighted by atomic mass is 9.89. The Morgan fingerprint density at radius 2 is 1.88 bits per heavy atom. The molecule has 0 saturated heterocycles. The van der Waals surface area contributed by atoms with E-state index < -0.39 is 5.97 Å². The first-order valence-corrected chi connectivity index (χ1v) is 6.42. The predicted octanol–water partition coefficient (Wildman–Crippen LogP) is 2.02. The molecule has 17 heavy (non-hydrogen) atoms. The van der Waals surface area contributed by atoms with Crippen LogP contribution in [0.2, 0.25) is 0 Å². The molecule has 0 aromatic rings. The summed E-state index contributed by atoms with van der Waals surface area (Å²) in [5, 5.41) is 21.4.